The summed E-state index contributed by atoms with van der Waals surface area (Å²) in [7, 11) is 2.00. The molecule has 3 nitrogen and oxygen atoms in total. The molecule has 2 heterocycles. The number of halogens is 2. The molecule has 0 amide bonds. The second kappa shape index (κ2) is 6.52. The van der Waals surface area contributed by atoms with E-state index in [0.717, 1.165) is 23.1 Å². The fourth-order valence-electron chi connectivity index (χ4n) is 2.16. The molecule has 0 fully saturated rings. The van der Waals surface area contributed by atoms with Gasteiger partial charge in [-0.1, -0.05) is 6.92 Å². The van der Waals surface area contributed by atoms with E-state index in [2.05, 4.69) is 60.6 Å². The Bertz CT molecular complexity index is 562. The SMILES string of the molecule is CCNC(Cc1c(Br)c(C)nn1C)c1csc(Br)c1. The lowest BCUT2D eigenvalue weighted by Gasteiger charge is -2.17. The Morgan fingerprint density at radius 1 is 1.47 bits per heavy atom. The Labute approximate surface area is 134 Å². The van der Waals surface area contributed by atoms with Crippen molar-refractivity contribution in [1.82, 2.24) is 15.1 Å². The molecule has 0 aromatic carbocycles. The van der Waals surface area contributed by atoms with Gasteiger partial charge in [0, 0.05) is 19.5 Å². The first-order valence-electron chi connectivity index (χ1n) is 6.18. The number of hydrogen-bond acceptors (Lipinski definition) is 3. The van der Waals surface area contributed by atoms with Gasteiger partial charge < -0.3 is 5.32 Å². The van der Waals surface area contributed by atoms with Crippen LogP contribution >= 0.6 is 43.2 Å². The van der Waals surface area contributed by atoms with Gasteiger partial charge in [0.1, 0.15) is 0 Å². The van der Waals surface area contributed by atoms with Gasteiger partial charge in [-0.05, 0) is 62.3 Å². The smallest absolute Gasteiger partial charge is 0.0738 e. The molecule has 0 saturated heterocycles. The Morgan fingerprint density at radius 3 is 2.68 bits per heavy atom. The lowest BCUT2D eigenvalue weighted by molar-refractivity contribution is 0.529. The van der Waals surface area contributed by atoms with Crippen LogP contribution in [-0.4, -0.2) is 16.3 Å². The number of nitrogens with zero attached hydrogens (tertiary/aromatic N) is 2. The van der Waals surface area contributed by atoms with Crippen molar-refractivity contribution in [2.24, 2.45) is 7.05 Å². The summed E-state index contributed by atoms with van der Waals surface area (Å²) in [6, 6.07) is 2.51. The third-order valence-corrected chi connectivity index (χ3v) is 5.65. The highest BCUT2D eigenvalue weighted by Gasteiger charge is 2.18. The van der Waals surface area contributed by atoms with Crippen LogP contribution in [0, 0.1) is 6.92 Å². The summed E-state index contributed by atoms with van der Waals surface area (Å²) >= 11 is 8.90. The molecule has 6 heteroatoms. The molecule has 0 aliphatic heterocycles. The quantitative estimate of drug-likeness (QED) is 0.805. The number of hydrogen-bond donors (Lipinski definition) is 1. The van der Waals surface area contributed by atoms with Crippen LogP contribution in [0.3, 0.4) is 0 Å². The highest BCUT2D eigenvalue weighted by atomic mass is 79.9. The van der Waals surface area contributed by atoms with Crippen LogP contribution in [-0.2, 0) is 13.5 Å². The van der Waals surface area contributed by atoms with Crippen molar-refractivity contribution in [3.63, 3.8) is 0 Å². The van der Waals surface area contributed by atoms with Crippen LogP contribution in [0.15, 0.2) is 19.7 Å². The lowest BCUT2D eigenvalue weighted by Crippen LogP contribution is -2.23. The van der Waals surface area contributed by atoms with Crippen LogP contribution in [0.2, 0.25) is 0 Å². The first-order chi connectivity index (χ1) is 9.02. The van der Waals surface area contributed by atoms with Crippen LogP contribution in [0.4, 0.5) is 0 Å². The first kappa shape index (κ1) is 15.2. The van der Waals surface area contributed by atoms with E-state index in [-0.39, 0.29) is 0 Å². The molecule has 0 saturated carbocycles. The van der Waals surface area contributed by atoms with Gasteiger partial charge in [0.05, 0.1) is 19.6 Å². The molecule has 2 rings (SSSR count). The standard InChI is InChI=1S/C13H17Br2N3S/c1-4-16-10(9-5-12(14)19-7-9)6-11-13(15)8(2)17-18(11)3/h5,7,10,16H,4,6H2,1-3H3. The second-order valence-corrected chi connectivity index (χ2v) is 7.55. The molecule has 2 aromatic rings. The number of likely N-dealkylation sites (N-methyl/N-ethyl adjacent to an activating group) is 1. The number of rotatable bonds is 5. The Hall–Kier alpha value is -0.170. The zero-order valence-corrected chi connectivity index (χ0v) is 15.2. The Kier molecular flexibility index (Phi) is 5.22. The van der Waals surface area contributed by atoms with Crippen molar-refractivity contribution in [2.45, 2.75) is 26.3 Å². The molecule has 1 unspecified atom stereocenters. The van der Waals surface area contributed by atoms with Crippen LogP contribution in [0.1, 0.15) is 29.9 Å². The lowest BCUT2D eigenvalue weighted by atomic mass is 10.0. The predicted octanol–water partition coefficient (Wildman–Crippen LogP) is 4.21. The molecule has 104 valence electrons. The number of aromatic nitrogens is 2. The largest absolute Gasteiger partial charge is 0.310 e. The summed E-state index contributed by atoms with van der Waals surface area (Å²) < 4.78 is 4.25. The van der Waals surface area contributed by atoms with Crippen molar-refractivity contribution in [3.8, 4) is 0 Å². The summed E-state index contributed by atoms with van der Waals surface area (Å²) in [5.41, 5.74) is 3.59. The van der Waals surface area contributed by atoms with Crippen molar-refractivity contribution in [2.75, 3.05) is 6.54 Å². The zero-order chi connectivity index (χ0) is 14.0. The molecular weight excluding hydrogens is 390 g/mol. The van der Waals surface area contributed by atoms with E-state index < -0.39 is 0 Å². The maximum absolute atomic E-state index is 4.46. The molecule has 19 heavy (non-hydrogen) atoms. The third kappa shape index (κ3) is 3.48. The van der Waals surface area contributed by atoms with Gasteiger partial charge >= 0.3 is 0 Å². The fourth-order valence-corrected chi connectivity index (χ4v) is 3.88. The van der Waals surface area contributed by atoms with E-state index in [4.69, 9.17) is 0 Å². The third-order valence-electron chi connectivity index (χ3n) is 3.10. The Balaban J connectivity index is 2.26. The van der Waals surface area contributed by atoms with Crippen LogP contribution < -0.4 is 5.32 Å². The highest BCUT2D eigenvalue weighted by molar-refractivity contribution is 9.11. The minimum Gasteiger partial charge on any atom is -0.310 e. The summed E-state index contributed by atoms with van der Waals surface area (Å²) in [6.45, 7) is 5.11. The topological polar surface area (TPSA) is 29.9 Å². The molecule has 0 spiro atoms. The van der Waals surface area contributed by atoms with E-state index in [0.29, 0.717) is 6.04 Å². The van der Waals surface area contributed by atoms with Crippen LogP contribution in [0.5, 0.6) is 0 Å². The van der Waals surface area contributed by atoms with E-state index in [1.165, 1.54) is 15.0 Å². The molecule has 1 N–H and O–H groups in total. The van der Waals surface area contributed by atoms with E-state index >= 15 is 0 Å². The number of thiophene rings is 1. The van der Waals surface area contributed by atoms with Gasteiger partial charge in [0.25, 0.3) is 0 Å². The average molecular weight is 407 g/mol. The maximum Gasteiger partial charge on any atom is 0.0738 e. The van der Waals surface area contributed by atoms with Crippen molar-refractivity contribution in [3.05, 3.63) is 36.7 Å². The van der Waals surface area contributed by atoms with E-state index in [1.54, 1.807) is 11.3 Å². The predicted molar refractivity (Wildman–Crippen MR) is 87.8 cm³/mol. The van der Waals surface area contributed by atoms with Gasteiger partial charge in [-0.3, -0.25) is 4.68 Å². The van der Waals surface area contributed by atoms with Gasteiger partial charge in [-0.25, -0.2) is 0 Å². The highest BCUT2D eigenvalue weighted by Crippen LogP contribution is 2.30. The van der Waals surface area contributed by atoms with Crippen molar-refractivity contribution < 1.29 is 0 Å². The van der Waals surface area contributed by atoms with Gasteiger partial charge in [0.15, 0.2) is 0 Å². The normalized spacial score (nSPS) is 12.9. The molecule has 0 aliphatic carbocycles. The van der Waals surface area contributed by atoms with Crippen molar-refractivity contribution >= 4 is 43.2 Å². The zero-order valence-electron chi connectivity index (χ0n) is 11.2. The second-order valence-electron chi connectivity index (χ2n) is 4.47. The minimum atomic E-state index is 0.318. The molecule has 0 bridgehead atoms. The summed E-state index contributed by atoms with van der Waals surface area (Å²) in [6.07, 6.45) is 0.926. The minimum absolute atomic E-state index is 0.318. The molecule has 1 atom stereocenters. The monoisotopic (exact) mass is 405 g/mol. The molecule has 0 radical (unpaired) electrons. The molecule has 2 aromatic heterocycles. The first-order valence-corrected chi connectivity index (χ1v) is 8.64. The van der Waals surface area contributed by atoms with Gasteiger partial charge in [-0.2, -0.15) is 5.10 Å². The Morgan fingerprint density at radius 2 is 2.21 bits per heavy atom. The van der Waals surface area contributed by atoms with Gasteiger partial charge in [0.2, 0.25) is 0 Å². The fraction of sp³-hybridized carbons (Fsp3) is 0.462. The summed E-state index contributed by atoms with van der Waals surface area (Å²) in [5, 5.41) is 10.2. The van der Waals surface area contributed by atoms with E-state index in [9.17, 15) is 0 Å². The number of aryl methyl sites for hydroxylation is 2. The average Bonchev–Trinajstić information content (AvgIpc) is 2.88. The molecule has 0 aliphatic rings. The van der Waals surface area contributed by atoms with Crippen molar-refractivity contribution in [1.29, 1.82) is 0 Å². The number of nitrogens with one attached hydrogen (secondary N) is 1. The summed E-state index contributed by atoms with van der Waals surface area (Å²) in [5.74, 6) is 0. The van der Waals surface area contributed by atoms with Gasteiger partial charge in [-0.15, -0.1) is 11.3 Å². The molecular formula is C13H17Br2N3S. The van der Waals surface area contributed by atoms with E-state index in [1.807, 2.05) is 18.7 Å². The maximum atomic E-state index is 4.46. The summed E-state index contributed by atoms with van der Waals surface area (Å²) in [4.78, 5) is 0. The van der Waals surface area contributed by atoms with Crippen LogP contribution in [0.25, 0.3) is 0 Å².